The molecule has 1 fully saturated rings. The van der Waals surface area contributed by atoms with Gasteiger partial charge in [-0.25, -0.2) is 9.98 Å². The van der Waals surface area contributed by atoms with Crippen molar-refractivity contribution in [3.8, 4) is 5.88 Å². The van der Waals surface area contributed by atoms with Crippen LogP contribution in [-0.4, -0.2) is 38.5 Å². The minimum atomic E-state index is -3.12. The number of fused-ring (bicyclic) bond motifs is 1. The Labute approximate surface area is 218 Å². The fraction of sp³-hybridized carbons (Fsp3) is 0.414. The molecule has 1 unspecified atom stereocenters. The Bertz CT molecular complexity index is 1320. The highest BCUT2D eigenvalue weighted by Gasteiger charge is 2.35. The molecular formula is C29H35N4O3P. The number of aromatic nitrogens is 2. The number of hydrogen-bond acceptors (Lipinski definition) is 6. The van der Waals surface area contributed by atoms with Gasteiger partial charge in [-0.05, 0) is 68.9 Å². The number of hydrogen-bond donors (Lipinski definition) is 2. The molecule has 1 atom stereocenters. The molecule has 5 rings (SSSR count). The van der Waals surface area contributed by atoms with E-state index in [1.807, 2.05) is 44.2 Å². The molecule has 0 bridgehead atoms. The van der Waals surface area contributed by atoms with Crippen LogP contribution in [0.3, 0.4) is 0 Å². The lowest BCUT2D eigenvalue weighted by molar-refractivity contribution is 0.171. The lowest BCUT2D eigenvalue weighted by Crippen LogP contribution is -2.41. The summed E-state index contributed by atoms with van der Waals surface area (Å²) in [6, 6.07) is 18.5. The SMILES string of the molecule is CC1(C)Oc2ncnc(N)c2N=C1c1ccc([C@H]2CC[C@H](CP(=O)(O)CCc3ccccc3)CC2)cc1. The second-order valence-corrected chi connectivity index (χ2v) is 13.3. The summed E-state index contributed by atoms with van der Waals surface area (Å²) in [5.41, 5.74) is 10.0. The zero-order valence-electron chi connectivity index (χ0n) is 21.5. The van der Waals surface area contributed by atoms with Gasteiger partial charge in [0.1, 0.15) is 11.9 Å². The van der Waals surface area contributed by atoms with E-state index < -0.39 is 13.0 Å². The summed E-state index contributed by atoms with van der Waals surface area (Å²) in [7, 11) is -3.12. The highest BCUT2D eigenvalue weighted by atomic mass is 31.2. The molecule has 1 saturated carbocycles. The van der Waals surface area contributed by atoms with Gasteiger partial charge in [-0.3, -0.25) is 4.57 Å². The summed E-state index contributed by atoms with van der Waals surface area (Å²) in [6.07, 6.45) is 6.92. The number of nitrogens with zero attached hydrogens (tertiary/aromatic N) is 3. The van der Waals surface area contributed by atoms with Gasteiger partial charge in [0.05, 0.1) is 5.71 Å². The Morgan fingerprint density at radius 2 is 1.73 bits per heavy atom. The minimum Gasteiger partial charge on any atom is -0.463 e. The van der Waals surface area contributed by atoms with Crippen molar-refractivity contribution in [3.63, 3.8) is 0 Å². The van der Waals surface area contributed by atoms with Gasteiger partial charge in [-0.2, -0.15) is 4.98 Å². The Morgan fingerprint density at radius 1 is 1.03 bits per heavy atom. The summed E-state index contributed by atoms with van der Waals surface area (Å²) in [5.74, 6) is 1.50. The van der Waals surface area contributed by atoms with E-state index in [1.165, 1.54) is 11.9 Å². The molecule has 3 aromatic rings. The number of nitrogen functional groups attached to an aromatic ring is 1. The summed E-state index contributed by atoms with van der Waals surface area (Å²) < 4.78 is 19.0. The maximum absolute atomic E-state index is 12.9. The molecular weight excluding hydrogens is 483 g/mol. The predicted molar refractivity (Wildman–Crippen MR) is 148 cm³/mol. The van der Waals surface area contributed by atoms with Crippen LogP contribution in [0.2, 0.25) is 0 Å². The Morgan fingerprint density at radius 3 is 2.43 bits per heavy atom. The van der Waals surface area contributed by atoms with Crippen LogP contribution in [0.4, 0.5) is 11.5 Å². The van der Waals surface area contributed by atoms with Crippen LogP contribution < -0.4 is 10.5 Å². The van der Waals surface area contributed by atoms with Crippen LogP contribution in [0.1, 0.15) is 62.1 Å². The maximum atomic E-state index is 12.9. The lowest BCUT2D eigenvalue weighted by Gasteiger charge is -2.32. The first-order valence-corrected chi connectivity index (χ1v) is 15.1. The van der Waals surface area contributed by atoms with E-state index in [0.717, 1.165) is 42.5 Å². The molecule has 0 saturated heterocycles. The Kier molecular flexibility index (Phi) is 7.19. The number of rotatable bonds is 7. The molecule has 2 aliphatic rings. The first-order valence-electron chi connectivity index (χ1n) is 13.0. The fourth-order valence-electron chi connectivity index (χ4n) is 5.54. The molecule has 8 heteroatoms. The third-order valence-electron chi connectivity index (χ3n) is 7.60. The van der Waals surface area contributed by atoms with Gasteiger partial charge in [0, 0.05) is 17.9 Å². The van der Waals surface area contributed by atoms with E-state index in [0.29, 0.717) is 48.0 Å². The molecule has 2 heterocycles. The number of ether oxygens (including phenoxy) is 1. The summed E-state index contributed by atoms with van der Waals surface area (Å²) in [5, 5.41) is 0. The van der Waals surface area contributed by atoms with E-state index in [-0.39, 0.29) is 0 Å². The average Bonchev–Trinajstić information content (AvgIpc) is 2.88. The van der Waals surface area contributed by atoms with Gasteiger partial charge in [-0.1, -0.05) is 54.6 Å². The van der Waals surface area contributed by atoms with Crippen molar-refractivity contribution >= 4 is 24.6 Å². The maximum Gasteiger partial charge on any atom is 0.246 e. The van der Waals surface area contributed by atoms with E-state index in [9.17, 15) is 9.46 Å². The van der Waals surface area contributed by atoms with Crippen molar-refractivity contribution in [1.29, 1.82) is 0 Å². The fourth-order valence-corrected chi connectivity index (χ4v) is 7.50. The third kappa shape index (κ3) is 5.94. The first kappa shape index (κ1) is 25.6. The highest BCUT2D eigenvalue weighted by molar-refractivity contribution is 7.58. The number of aryl methyl sites for hydroxylation is 1. The molecule has 37 heavy (non-hydrogen) atoms. The van der Waals surface area contributed by atoms with Crippen molar-refractivity contribution < 1.29 is 14.2 Å². The van der Waals surface area contributed by atoms with Gasteiger partial charge < -0.3 is 15.4 Å². The van der Waals surface area contributed by atoms with Gasteiger partial charge in [0.2, 0.25) is 13.2 Å². The number of benzene rings is 2. The zero-order valence-corrected chi connectivity index (χ0v) is 22.4. The van der Waals surface area contributed by atoms with E-state index in [4.69, 9.17) is 15.5 Å². The summed E-state index contributed by atoms with van der Waals surface area (Å²) in [6.45, 7) is 3.95. The molecule has 1 aliphatic heterocycles. The van der Waals surface area contributed by atoms with Crippen LogP contribution >= 0.6 is 7.37 Å². The van der Waals surface area contributed by atoms with Gasteiger partial charge >= 0.3 is 0 Å². The highest BCUT2D eigenvalue weighted by Crippen LogP contribution is 2.47. The largest absolute Gasteiger partial charge is 0.463 e. The predicted octanol–water partition coefficient (Wildman–Crippen LogP) is 6.14. The van der Waals surface area contributed by atoms with Gasteiger partial charge in [0.15, 0.2) is 11.5 Å². The zero-order chi connectivity index (χ0) is 26.0. The Balaban J connectivity index is 1.20. The molecule has 194 valence electrons. The number of anilines is 1. The van der Waals surface area contributed by atoms with Crippen LogP contribution in [0.5, 0.6) is 5.88 Å². The van der Waals surface area contributed by atoms with Crippen molar-refractivity contribution in [1.82, 2.24) is 9.97 Å². The topological polar surface area (TPSA) is 111 Å². The molecule has 1 aromatic heterocycles. The smallest absolute Gasteiger partial charge is 0.246 e. The lowest BCUT2D eigenvalue weighted by atomic mass is 9.79. The molecule has 0 amide bonds. The van der Waals surface area contributed by atoms with Crippen molar-refractivity contribution in [2.75, 3.05) is 18.1 Å². The van der Waals surface area contributed by atoms with E-state index in [1.54, 1.807) is 0 Å². The monoisotopic (exact) mass is 518 g/mol. The third-order valence-corrected chi connectivity index (χ3v) is 9.61. The van der Waals surface area contributed by atoms with Crippen LogP contribution in [0.15, 0.2) is 65.9 Å². The number of nitrogens with two attached hydrogens (primary N) is 1. The van der Waals surface area contributed by atoms with Gasteiger partial charge in [0.25, 0.3) is 0 Å². The van der Waals surface area contributed by atoms with Crippen molar-refractivity contribution in [2.24, 2.45) is 10.9 Å². The molecule has 0 radical (unpaired) electrons. The van der Waals surface area contributed by atoms with Crippen LogP contribution in [0, 0.1) is 5.92 Å². The molecule has 2 aromatic carbocycles. The van der Waals surface area contributed by atoms with Crippen molar-refractivity contribution in [3.05, 3.63) is 77.6 Å². The Hall–Kier alpha value is -3.02. The van der Waals surface area contributed by atoms with Gasteiger partial charge in [-0.15, -0.1) is 0 Å². The molecule has 7 nitrogen and oxygen atoms in total. The molecule has 3 N–H and O–H groups in total. The molecule has 0 spiro atoms. The second kappa shape index (κ2) is 10.4. The normalized spacial score (nSPS) is 22.3. The molecule has 1 aliphatic carbocycles. The summed E-state index contributed by atoms with van der Waals surface area (Å²) in [4.78, 5) is 23.6. The van der Waals surface area contributed by atoms with Crippen LogP contribution in [0.25, 0.3) is 0 Å². The van der Waals surface area contributed by atoms with Crippen LogP contribution in [-0.2, 0) is 11.0 Å². The average molecular weight is 519 g/mol. The quantitative estimate of drug-likeness (QED) is 0.364. The first-order chi connectivity index (χ1) is 17.7. The minimum absolute atomic E-state index is 0.305. The van der Waals surface area contributed by atoms with E-state index >= 15 is 0 Å². The number of aliphatic imine (C=N–C) groups is 1. The standard InChI is InChI=1S/C29H35N4O3P/c1-29(2)26(33-25-27(30)31-19-32-28(25)36-29)24-14-12-23(13-15-24)22-10-8-21(9-11-22)18-37(34,35)17-16-20-6-4-3-5-7-20/h3-7,12-15,19,21-22H,8-11,16-18H2,1-2H3,(H,34,35)(H2,30,31,32)/t21-,22-. The summed E-state index contributed by atoms with van der Waals surface area (Å²) >= 11 is 0. The van der Waals surface area contributed by atoms with Crippen molar-refractivity contribution in [2.45, 2.75) is 57.5 Å². The second-order valence-electron chi connectivity index (χ2n) is 10.8. The van der Waals surface area contributed by atoms with E-state index in [2.05, 4.69) is 34.2 Å².